The summed E-state index contributed by atoms with van der Waals surface area (Å²) in [4.78, 5) is 0. The summed E-state index contributed by atoms with van der Waals surface area (Å²) in [7, 11) is 3.35. The number of hydrogen-bond acceptors (Lipinski definition) is 0. The Hall–Kier alpha value is 1.12. The molecule has 0 aliphatic rings. The third kappa shape index (κ3) is 12.2. The van der Waals surface area contributed by atoms with Crippen LogP contribution >= 0.6 is 25.3 Å². The summed E-state index contributed by atoms with van der Waals surface area (Å²) in [6.45, 7) is 28.3. The number of rotatable bonds is 4. The fraction of sp³-hybridized carbons (Fsp3) is 0.800. The Morgan fingerprint density at radius 1 is 0.560 bits per heavy atom. The van der Waals surface area contributed by atoms with Gasteiger partial charge in [0.25, 0.3) is 0 Å². The molecule has 1 nitrogen and oxygen atoms in total. The molecule has 0 aromatic carbocycles. The molecule has 0 N–H and O–H groups in total. The molecular weight excluding hydrogens is 547 g/mol. The fourth-order valence-corrected chi connectivity index (χ4v) is 10.5. The average molecular weight is 589 g/mol. The Morgan fingerprint density at radius 2 is 0.760 bits per heavy atom. The van der Waals surface area contributed by atoms with Gasteiger partial charge in [0.2, 0.25) is 0 Å². The van der Waals surface area contributed by atoms with Crippen molar-refractivity contribution in [1.29, 1.82) is 0 Å². The Bertz CT molecular complexity index is 353. The second kappa shape index (κ2) is 11.2. The summed E-state index contributed by atoms with van der Waals surface area (Å²) in [5.41, 5.74) is 0. The summed E-state index contributed by atoms with van der Waals surface area (Å²) in [5.74, 6) is 4.77. The van der Waals surface area contributed by atoms with Gasteiger partial charge >= 0.3 is 28.2 Å². The van der Waals surface area contributed by atoms with Crippen LogP contribution in [0.15, 0.2) is 24.0 Å². The Labute approximate surface area is 176 Å². The summed E-state index contributed by atoms with van der Waals surface area (Å²) < 4.78 is 0. The zero-order valence-corrected chi connectivity index (χ0v) is 23.5. The molecule has 0 atom stereocenters. The molecular formula is C20H42ClNP2Pt+2. The van der Waals surface area contributed by atoms with Gasteiger partial charge in [0.05, 0.1) is 20.6 Å². The van der Waals surface area contributed by atoms with E-state index in [9.17, 15) is 0 Å². The first-order chi connectivity index (χ1) is 11.0. The van der Waals surface area contributed by atoms with Crippen LogP contribution in [-0.2, 0) is 18.8 Å². The van der Waals surface area contributed by atoms with Crippen molar-refractivity contribution in [3.63, 3.8) is 0 Å². The van der Waals surface area contributed by atoms with Gasteiger partial charge in [0.1, 0.15) is 0 Å². The predicted molar refractivity (Wildman–Crippen MR) is 123 cm³/mol. The van der Waals surface area contributed by atoms with Crippen LogP contribution in [0.3, 0.4) is 0 Å². The van der Waals surface area contributed by atoms with E-state index in [4.69, 9.17) is 0 Å². The fourth-order valence-electron chi connectivity index (χ4n) is 3.53. The molecule has 0 fully saturated rings. The SMILES string of the molecule is CC(C)(C)[PH+](/C=C\[N-]/C=C\[PH+](C(C)(C)C)C(C)(C)C)C(C)(C)C.[Cl][Pt+]. The molecule has 0 heterocycles. The van der Waals surface area contributed by atoms with Gasteiger partial charge in [0.15, 0.2) is 0 Å². The minimum absolute atomic E-state index is 0.352. The maximum absolute atomic E-state index is 4.61. The van der Waals surface area contributed by atoms with E-state index in [0.717, 1.165) is 0 Å². The quantitative estimate of drug-likeness (QED) is 0.292. The van der Waals surface area contributed by atoms with Crippen molar-refractivity contribution in [2.45, 2.75) is 104 Å². The number of halogens is 1. The van der Waals surface area contributed by atoms with Crippen LogP contribution in [0.2, 0.25) is 0 Å². The van der Waals surface area contributed by atoms with Crippen LogP contribution in [0.1, 0.15) is 83.1 Å². The van der Waals surface area contributed by atoms with Gasteiger partial charge in [0, 0.05) is 27.5 Å². The van der Waals surface area contributed by atoms with Crippen LogP contribution < -0.4 is 0 Å². The van der Waals surface area contributed by atoms with Crippen molar-refractivity contribution in [3.05, 3.63) is 29.4 Å². The normalized spacial score (nSPS) is 14.4. The van der Waals surface area contributed by atoms with Gasteiger partial charge < -0.3 is 5.32 Å². The standard InChI is InChI=1S/C20H40NP2.ClH.Pt/c1-17(2,3)22(18(4,5)6)15-13-21-14-16-23(19(7,8)9)20(10,11)12;;/h13-16H,1-12H3;1H;/q-1;;+2/p+1/b15-13-,16-14-;;. The summed E-state index contributed by atoms with van der Waals surface area (Å²) in [6.07, 6.45) is 4.10. The van der Waals surface area contributed by atoms with Gasteiger partial charge in [-0.1, -0.05) is 0 Å². The molecule has 0 aromatic heterocycles. The monoisotopic (exact) mass is 588 g/mol. The first-order valence-electron chi connectivity index (χ1n) is 8.88. The zero-order chi connectivity index (χ0) is 20.7. The van der Waals surface area contributed by atoms with Crippen LogP contribution in [0.25, 0.3) is 5.32 Å². The topological polar surface area (TPSA) is 14.1 Å². The molecule has 0 aliphatic carbocycles. The molecule has 152 valence electrons. The van der Waals surface area contributed by atoms with Crippen molar-refractivity contribution < 1.29 is 18.8 Å². The minimum atomic E-state index is -0.632. The Morgan fingerprint density at radius 3 is 0.920 bits per heavy atom. The van der Waals surface area contributed by atoms with Crippen molar-refractivity contribution in [1.82, 2.24) is 0 Å². The summed E-state index contributed by atoms with van der Waals surface area (Å²) in [6, 6.07) is 0. The molecule has 0 bridgehead atoms. The molecule has 0 spiro atoms. The molecule has 0 aliphatic heterocycles. The van der Waals surface area contributed by atoms with E-state index >= 15 is 0 Å². The van der Waals surface area contributed by atoms with E-state index in [1.54, 1.807) is 18.8 Å². The van der Waals surface area contributed by atoms with E-state index in [-0.39, 0.29) is 0 Å². The third-order valence-electron chi connectivity index (χ3n) is 3.89. The van der Waals surface area contributed by atoms with Gasteiger partial charge in [-0.2, -0.15) is 0 Å². The molecule has 0 amide bonds. The molecule has 0 rings (SSSR count). The van der Waals surface area contributed by atoms with Gasteiger partial charge in [-0.15, -0.1) is 12.4 Å². The molecule has 0 saturated carbocycles. The molecule has 25 heavy (non-hydrogen) atoms. The van der Waals surface area contributed by atoms with Crippen molar-refractivity contribution in [2.75, 3.05) is 0 Å². The molecule has 0 saturated heterocycles. The van der Waals surface area contributed by atoms with Crippen LogP contribution in [0.5, 0.6) is 0 Å². The van der Waals surface area contributed by atoms with Gasteiger partial charge in [-0.3, -0.25) is 0 Å². The third-order valence-corrected chi connectivity index (χ3v) is 11.3. The van der Waals surface area contributed by atoms with E-state index < -0.39 is 15.8 Å². The Balaban J connectivity index is 0. The number of nitrogens with zero attached hydrogens (tertiary/aromatic N) is 1. The van der Waals surface area contributed by atoms with Crippen LogP contribution in [0, 0.1) is 0 Å². The van der Waals surface area contributed by atoms with Crippen molar-refractivity contribution in [3.8, 4) is 0 Å². The molecule has 5 heteroatoms. The van der Waals surface area contributed by atoms with E-state index in [1.807, 2.05) is 12.4 Å². The first kappa shape index (κ1) is 28.3. The van der Waals surface area contributed by atoms with Crippen molar-refractivity contribution in [2.24, 2.45) is 0 Å². The predicted octanol–water partition coefficient (Wildman–Crippen LogP) is 8.61. The summed E-state index contributed by atoms with van der Waals surface area (Å²) in [5, 5.41) is 6.00. The van der Waals surface area contributed by atoms with E-state index in [0.29, 0.717) is 20.6 Å². The van der Waals surface area contributed by atoms with Gasteiger partial charge in [-0.05, 0) is 83.1 Å². The average Bonchev–Trinajstić information content (AvgIpc) is 2.33. The molecule has 0 aromatic rings. The molecule has 0 radical (unpaired) electrons. The van der Waals surface area contributed by atoms with Gasteiger partial charge in [-0.25, -0.2) is 0 Å². The second-order valence-corrected chi connectivity index (χ2v) is 18.9. The van der Waals surface area contributed by atoms with Crippen LogP contribution in [0.4, 0.5) is 0 Å². The first-order valence-corrected chi connectivity index (χ1v) is 14.9. The second-order valence-electron chi connectivity index (χ2n) is 10.6. The number of hydrogen-bond donors (Lipinski definition) is 0. The van der Waals surface area contributed by atoms with Crippen molar-refractivity contribution >= 4 is 25.3 Å². The maximum atomic E-state index is 4.61. The summed E-state index contributed by atoms with van der Waals surface area (Å²) >= 11 is 1.61. The Kier molecular flexibility index (Phi) is 12.7. The zero-order valence-electron chi connectivity index (χ0n) is 18.5. The van der Waals surface area contributed by atoms with E-state index in [2.05, 4.69) is 109 Å². The molecule has 0 unspecified atom stereocenters. The van der Waals surface area contributed by atoms with E-state index in [1.165, 1.54) is 0 Å². The van der Waals surface area contributed by atoms with Crippen LogP contribution in [-0.4, -0.2) is 20.6 Å².